The number of ether oxygens (including phenoxy) is 1. The van der Waals surface area contributed by atoms with Gasteiger partial charge in [-0.3, -0.25) is 9.78 Å². The number of carbonyl (C=O) groups excluding carboxylic acids is 1. The molecule has 8 heteroatoms. The molecule has 1 aromatic heterocycles. The molecule has 0 spiro atoms. The Morgan fingerprint density at radius 3 is 2.21 bits per heavy atom. The molecule has 196 valence electrons. The van der Waals surface area contributed by atoms with E-state index in [2.05, 4.69) is 4.98 Å². The Hall–Kier alpha value is -4.20. The first-order valence-electron chi connectivity index (χ1n) is 12.1. The van der Waals surface area contributed by atoms with Crippen LogP contribution in [0.4, 0.5) is 17.6 Å². The molecule has 0 atom stereocenters. The zero-order valence-corrected chi connectivity index (χ0v) is 20.5. The van der Waals surface area contributed by atoms with Gasteiger partial charge in [-0.1, -0.05) is 42.5 Å². The predicted octanol–water partition coefficient (Wildman–Crippen LogP) is 6.63. The van der Waals surface area contributed by atoms with Crippen LogP contribution < -0.4 is 4.74 Å². The molecule has 0 radical (unpaired) electrons. The molecule has 1 amide bonds. The molecule has 0 unspecified atom stereocenters. The minimum atomic E-state index is -4.48. The minimum Gasteiger partial charge on any atom is -0.493 e. The molecule has 0 aliphatic carbocycles. The van der Waals surface area contributed by atoms with Crippen LogP contribution in [0.2, 0.25) is 0 Å². The van der Waals surface area contributed by atoms with Crippen molar-refractivity contribution in [1.82, 2.24) is 9.88 Å². The van der Waals surface area contributed by atoms with Crippen LogP contribution in [0.3, 0.4) is 0 Å². The summed E-state index contributed by atoms with van der Waals surface area (Å²) >= 11 is 0. The van der Waals surface area contributed by atoms with Crippen LogP contribution in [0.1, 0.15) is 27.8 Å². The third-order valence-corrected chi connectivity index (χ3v) is 5.93. The Balaban J connectivity index is 1.46. The fourth-order valence-corrected chi connectivity index (χ4v) is 3.98. The van der Waals surface area contributed by atoms with Gasteiger partial charge in [0.15, 0.2) is 0 Å². The van der Waals surface area contributed by atoms with Gasteiger partial charge < -0.3 is 9.64 Å². The van der Waals surface area contributed by atoms with Gasteiger partial charge in [0.05, 0.1) is 18.6 Å². The summed E-state index contributed by atoms with van der Waals surface area (Å²) in [5.41, 5.74) is 2.13. The van der Waals surface area contributed by atoms with Gasteiger partial charge in [0.1, 0.15) is 11.6 Å². The second kappa shape index (κ2) is 12.4. The molecule has 4 rings (SSSR count). The van der Waals surface area contributed by atoms with Gasteiger partial charge in [-0.15, -0.1) is 0 Å². The fraction of sp³-hybridized carbons (Fsp3) is 0.200. The van der Waals surface area contributed by atoms with Gasteiger partial charge >= 0.3 is 6.18 Å². The lowest BCUT2D eigenvalue weighted by Gasteiger charge is -2.24. The first-order valence-corrected chi connectivity index (χ1v) is 12.1. The van der Waals surface area contributed by atoms with E-state index in [1.807, 2.05) is 24.3 Å². The summed E-state index contributed by atoms with van der Waals surface area (Å²) in [6.07, 6.45) is -0.787. The predicted molar refractivity (Wildman–Crippen MR) is 136 cm³/mol. The molecule has 0 saturated heterocycles. The van der Waals surface area contributed by atoms with Crippen molar-refractivity contribution in [3.63, 3.8) is 0 Å². The fourth-order valence-electron chi connectivity index (χ4n) is 3.98. The lowest BCUT2D eigenvalue weighted by molar-refractivity contribution is -0.138. The van der Waals surface area contributed by atoms with E-state index >= 15 is 0 Å². The van der Waals surface area contributed by atoms with Crippen LogP contribution >= 0.6 is 0 Å². The largest absolute Gasteiger partial charge is 0.493 e. The normalized spacial score (nSPS) is 11.3. The molecule has 0 bridgehead atoms. The van der Waals surface area contributed by atoms with Crippen molar-refractivity contribution < 1.29 is 27.1 Å². The van der Waals surface area contributed by atoms with E-state index < -0.39 is 11.7 Å². The smallest absolute Gasteiger partial charge is 0.416 e. The van der Waals surface area contributed by atoms with Crippen molar-refractivity contribution >= 4 is 5.91 Å². The van der Waals surface area contributed by atoms with Crippen molar-refractivity contribution in [1.29, 1.82) is 0 Å². The Morgan fingerprint density at radius 1 is 0.789 bits per heavy atom. The number of halogens is 4. The lowest BCUT2D eigenvalue weighted by Crippen LogP contribution is -2.31. The first-order chi connectivity index (χ1) is 18.3. The quantitative estimate of drug-likeness (QED) is 0.220. The number of rotatable bonds is 10. The highest BCUT2D eigenvalue weighted by atomic mass is 19.4. The molecule has 0 fully saturated rings. The van der Waals surface area contributed by atoms with Crippen molar-refractivity contribution in [3.05, 3.63) is 131 Å². The molecule has 0 aliphatic heterocycles. The summed E-state index contributed by atoms with van der Waals surface area (Å²) in [6, 6.07) is 22.0. The molecule has 3 aromatic carbocycles. The van der Waals surface area contributed by atoms with E-state index in [-0.39, 0.29) is 31.2 Å². The van der Waals surface area contributed by atoms with Crippen molar-refractivity contribution in [2.45, 2.75) is 32.1 Å². The maximum absolute atomic E-state index is 13.3. The highest BCUT2D eigenvalue weighted by Gasteiger charge is 2.30. The summed E-state index contributed by atoms with van der Waals surface area (Å²) in [4.78, 5) is 18.9. The minimum absolute atomic E-state index is 0.164. The van der Waals surface area contributed by atoms with Crippen molar-refractivity contribution in [2.75, 3.05) is 6.61 Å². The number of pyridine rings is 1. The van der Waals surface area contributed by atoms with Gasteiger partial charge in [-0.05, 0) is 64.7 Å². The summed E-state index contributed by atoms with van der Waals surface area (Å²) in [5, 5.41) is 0. The number of nitrogens with zero attached hydrogens (tertiary/aromatic N) is 2. The standard InChI is InChI=1S/C30H26F4N2O2/c31-27-9-7-22(8-10-27)13-16-38-28-6-2-4-25(18-28)21-36(20-23-11-14-35-15-12-23)29(37)19-24-3-1-5-26(17-24)30(32,33)34/h1-12,14-15,17-18H,13,16,19-21H2. The number of aromatic nitrogens is 1. The van der Waals surface area contributed by atoms with E-state index in [1.54, 1.807) is 41.6 Å². The van der Waals surface area contributed by atoms with Crippen LogP contribution in [0.5, 0.6) is 5.75 Å². The molecule has 4 nitrogen and oxygen atoms in total. The zero-order valence-electron chi connectivity index (χ0n) is 20.5. The number of hydrogen-bond acceptors (Lipinski definition) is 3. The lowest BCUT2D eigenvalue weighted by atomic mass is 10.1. The average Bonchev–Trinajstić information content (AvgIpc) is 2.90. The zero-order chi connectivity index (χ0) is 27.0. The van der Waals surface area contributed by atoms with Crippen LogP contribution in [-0.4, -0.2) is 22.4 Å². The van der Waals surface area contributed by atoms with Crippen LogP contribution in [-0.2, 0) is 36.9 Å². The molecule has 0 N–H and O–H groups in total. The summed E-state index contributed by atoms with van der Waals surface area (Å²) in [7, 11) is 0. The number of hydrogen-bond donors (Lipinski definition) is 0. The maximum Gasteiger partial charge on any atom is 0.416 e. The van der Waals surface area contributed by atoms with Gasteiger partial charge in [0.25, 0.3) is 0 Å². The Morgan fingerprint density at radius 2 is 1.47 bits per heavy atom. The van der Waals surface area contributed by atoms with Crippen LogP contribution in [0.25, 0.3) is 0 Å². The Kier molecular flexibility index (Phi) is 8.73. The molecular weight excluding hydrogens is 496 g/mol. The summed E-state index contributed by atoms with van der Waals surface area (Å²) in [5.74, 6) is 0.0314. The highest BCUT2D eigenvalue weighted by molar-refractivity contribution is 5.79. The number of amides is 1. The molecule has 0 saturated carbocycles. The molecular formula is C30H26F4N2O2. The van der Waals surface area contributed by atoms with Gasteiger partial charge in [0, 0.05) is 31.9 Å². The van der Waals surface area contributed by atoms with E-state index in [9.17, 15) is 22.4 Å². The second-order valence-electron chi connectivity index (χ2n) is 8.85. The summed E-state index contributed by atoms with van der Waals surface area (Å²) < 4.78 is 58.4. The molecule has 0 aliphatic rings. The average molecular weight is 523 g/mol. The monoisotopic (exact) mass is 522 g/mol. The van der Waals surface area contributed by atoms with Gasteiger partial charge in [-0.2, -0.15) is 13.2 Å². The first kappa shape index (κ1) is 26.9. The molecule has 38 heavy (non-hydrogen) atoms. The molecule has 1 heterocycles. The Labute approximate surface area is 218 Å². The maximum atomic E-state index is 13.3. The Bertz CT molecular complexity index is 1340. The topological polar surface area (TPSA) is 42.4 Å². The third-order valence-electron chi connectivity index (χ3n) is 5.93. The van der Waals surface area contributed by atoms with Crippen LogP contribution in [0, 0.1) is 5.82 Å². The second-order valence-corrected chi connectivity index (χ2v) is 8.85. The van der Waals surface area contributed by atoms with E-state index in [4.69, 9.17) is 4.74 Å². The highest BCUT2D eigenvalue weighted by Crippen LogP contribution is 2.30. The third kappa shape index (κ3) is 7.90. The molecule has 4 aromatic rings. The number of alkyl halides is 3. The SMILES string of the molecule is O=C(Cc1cccc(C(F)(F)F)c1)N(Cc1ccncc1)Cc1cccc(OCCc2ccc(F)cc2)c1. The summed E-state index contributed by atoms with van der Waals surface area (Å²) in [6.45, 7) is 0.912. The van der Waals surface area contributed by atoms with E-state index in [0.717, 1.165) is 28.8 Å². The van der Waals surface area contributed by atoms with E-state index in [1.165, 1.54) is 24.3 Å². The van der Waals surface area contributed by atoms with Crippen LogP contribution in [0.15, 0.2) is 97.3 Å². The van der Waals surface area contributed by atoms with E-state index in [0.29, 0.717) is 24.3 Å². The number of carbonyl (C=O) groups is 1. The van der Waals surface area contributed by atoms with Gasteiger partial charge in [0.2, 0.25) is 5.91 Å². The van der Waals surface area contributed by atoms with Crippen molar-refractivity contribution in [3.8, 4) is 5.75 Å². The number of benzene rings is 3. The van der Waals surface area contributed by atoms with Gasteiger partial charge in [-0.25, -0.2) is 4.39 Å². The van der Waals surface area contributed by atoms with Crippen molar-refractivity contribution in [2.24, 2.45) is 0 Å².